The highest BCUT2D eigenvalue weighted by Crippen LogP contribution is 2.40. The summed E-state index contributed by atoms with van der Waals surface area (Å²) in [6.45, 7) is 0. The van der Waals surface area contributed by atoms with Gasteiger partial charge in [-0.15, -0.1) is 11.6 Å². The molecule has 0 aliphatic heterocycles. The minimum absolute atomic E-state index is 0.0681. The Morgan fingerprint density at radius 1 is 1.42 bits per heavy atom. The lowest BCUT2D eigenvalue weighted by atomic mass is 10.1. The fraction of sp³-hybridized carbons (Fsp3) is 0.300. The molecular formula is C10H7ClF3NO3S. The number of alkyl halides is 4. The van der Waals surface area contributed by atoms with Gasteiger partial charge in [0.05, 0.1) is 10.8 Å². The van der Waals surface area contributed by atoms with Crippen molar-refractivity contribution in [2.75, 3.05) is 5.88 Å². The number of nitrogens with zero attached hydrogens (tertiary/aromatic N) is 1. The maximum Gasteiger partial charge on any atom is 0.446 e. The van der Waals surface area contributed by atoms with E-state index in [4.69, 9.17) is 11.6 Å². The van der Waals surface area contributed by atoms with Crippen molar-refractivity contribution in [3.05, 3.63) is 33.9 Å². The number of ketones is 1. The van der Waals surface area contributed by atoms with Crippen LogP contribution < -0.4 is 0 Å². The van der Waals surface area contributed by atoms with Crippen LogP contribution in [0.5, 0.6) is 0 Å². The molecule has 0 radical (unpaired) electrons. The second kappa shape index (κ2) is 6.25. The smallest absolute Gasteiger partial charge is 0.298 e. The normalized spacial score (nSPS) is 11.4. The summed E-state index contributed by atoms with van der Waals surface area (Å²) in [5.74, 6) is -0.785. The van der Waals surface area contributed by atoms with E-state index in [1.807, 2.05) is 0 Å². The quantitative estimate of drug-likeness (QED) is 0.361. The Balaban J connectivity index is 3.14. The standard InChI is InChI=1S/C10H7ClF3NO3S/c11-5-8(16)3-6-1-2-7(15(17)18)4-9(6)19-10(12,13)14/h1-2,4H,3,5H2. The number of carbonyl (C=O) groups excluding carboxylic acids is 1. The van der Waals surface area contributed by atoms with Crippen LogP contribution in [0.25, 0.3) is 0 Å². The average Bonchev–Trinajstić information content (AvgIpc) is 2.29. The molecule has 0 N–H and O–H groups in total. The van der Waals surface area contributed by atoms with Crippen LogP contribution in [0.4, 0.5) is 18.9 Å². The van der Waals surface area contributed by atoms with Crippen LogP contribution in [0.2, 0.25) is 0 Å². The fourth-order valence-electron chi connectivity index (χ4n) is 1.28. The number of thioether (sulfide) groups is 1. The number of nitro benzene ring substituents is 1. The SMILES string of the molecule is O=C(CCl)Cc1ccc([N+](=O)[O-])cc1SC(F)(F)F. The van der Waals surface area contributed by atoms with Gasteiger partial charge < -0.3 is 0 Å². The maximum absolute atomic E-state index is 12.4. The third kappa shape index (κ3) is 5.07. The molecule has 0 unspecified atom stereocenters. The lowest BCUT2D eigenvalue weighted by Gasteiger charge is -2.10. The van der Waals surface area contributed by atoms with E-state index in [9.17, 15) is 28.1 Å². The van der Waals surface area contributed by atoms with Crippen LogP contribution in [0, 0.1) is 10.1 Å². The van der Waals surface area contributed by atoms with Crippen molar-refractivity contribution in [3.63, 3.8) is 0 Å². The van der Waals surface area contributed by atoms with Crippen molar-refractivity contribution in [1.29, 1.82) is 0 Å². The second-order valence-corrected chi connectivity index (χ2v) is 4.82. The monoisotopic (exact) mass is 313 g/mol. The molecule has 0 heterocycles. The largest absolute Gasteiger partial charge is 0.446 e. The van der Waals surface area contributed by atoms with Gasteiger partial charge in [-0.25, -0.2) is 0 Å². The molecule has 0 saturated carbocycles. The van der Waals surface area contributed by atoms with E-state index in [0.717, 1.165) is 18.2 Å². The van der Waals surface area contributed by atoms with Gasteiger partial charge in [0.2, 0.25) is 0 Å². The first-order valence-corrected chi connectivity index (χ1v) is 6.19. The Morgan fingerprint density at radius 3 is 2.53 bits per heavy atom. The molecule has 9 heteroatoms. The van der Waals surface area contributed by atoms with Gasteiger partial charge in [-0.1, -0.05) is 6.07 Å². The molecular weight excluding hydrogens is 307 g/mol. The van der Waals surface area contributed by atoms with Crippen molar-refractivity contribution >= 4 is 34.8 Å². The van der Waals surface area contributed by atoms with E-state index in [2.05, 4.69) is 0 Å². The number of hydrogen-bond donors (Lipinski definition) is 0. The predicted octanol–water partition coefficient (Wildman–Crippen LogP) is 3.56. The van der Waals surface area contributed by atoms with Crippen molar-refractivity contribution in [2.24, 2.45) is 0 Å². The Hall–Kier alpha value is -1.28. The number of halogens is 4. The first-order valence-electron chi connectivity index (χ1n) is 4.83. The Morgan fingerprint density at radius 2 is 2.05 bits per heavy atom. The van der Waals surface area contributed by atoms with E-state index in [1.54, 1.807) is 0 Å². The molecule has 1 aromatic rings. The Labute approximate surface area is 115 Å². The van der Waals surface area contributed by atoms with Gasteiger partial charge >= 0.3 is 5.51 Å². The van der Waals surface area contributed by atoms with E-state index < -0.39 is 33.7 Å². The van der Waals surface area contributed by atoms with Crippen LogP contribution in [-0.2, 0) is 11.2 Å². The zero-order valence-corrected chi connectivity index (χ0v) is 10.8. The van der Waals surface area contributed by atoms with E-state index in [1.165, 1.54) is 0 Å². The Kier molecular flexibility index (Phi) is 5.19. The van der Waals surface area contributed by atoms with Crippen molar-refractivity contribution in [2.45, 2.75) is 16.8 Å². The molecule has 0 saturated heterocycles. The summed E-state index contributed by atoms with van der Waals surface area (Å²) >= 11 is 4.79. The summed E-state index contributed by atoms with van der Waals surface area (Å²) < 4.78 is 37.1. The first kappa shape index (κ1) is 15.8. The Bertz CT molecular complexity index is 507. The van der Waals surface area contributed by atoms with Gasteiger partial charge in [-0.2, -0.15) is 13.2 Å². The molecule has 0 fully saturated rings. The molecule has 104 valence electrons. The number of non-ortho nitro benzene ring substituents is 1. The molecule has 1 aromatic carbocycles. The van der Waals surface area contributed by atoms with Crippen LogP contribution in [0.1, 0.15) is 5.56 Å². The highest BCUT2D eigenvalue weighted by atomic mass is 35.5. The number of nitro groups is 1. The van der Waals surface area contributed by atoms with Crippen LogP contribution >= 0.6 is 23.4 Å². The second-order valence-electron chi connectivity index (χ2n) is 3.45. The lowest BCUT2D eigenvalue weighted by molar-refractivity contribution is -0.385. The van der Waals surface area contributed by atoms with Gasteiger partial charge in [0, 0.05) is 23.4 Å². The molecule has 0 aromatic heterocycles. The highest BCUT2D eigenvalue weighted by molar-refractivity contribution is 8.00. The van der Waals surface area contributed by atoms with Crippen molar-refractivity contribution in [3.8, 4) is 0 Å². The molecule has 19 heavy (non-hydrogen) atoms. The van der Waals surface area contributed by atoms with Crippen molar-refractivity contribution in [1.82, 2.24) is 0 Å². The van der Waals surface area contributed by atoms with E-state index in [0.29, 0.717) is 0 Å². The number of Topliss-reactive ketones (excluding diaryl/α,β-unsaturated/α-hetero) is 1. The van der Waals surface area contributed by atoms with Crippen LogP contribution in [0.15, 0.2) is 23.1 Å². The van der Waals surface area contributed by atoms with E-state index in [-0.39, 0.29) is 22.8 Å². The topological polar surface area (TPSA) is 60.2 Å². The third-order valence-electron chi connectivity index (χ3n) is 2.02. The molecule has 0 aliphatic rings. The summed E-state index contributed by atoms with van der Waals surface area (Å²) in [4.78, 5) is 20.5. The summed E-state index contributed by atoms with van der Waals surface area (Å²) in [6.07, 6.45) is -0.292. The summed E-state index contributed by atoms with van der Waals surface area (Å²) in [7, 11) is 0. The average molecular weight is 314 g/mol. The van der Waals surface area contributed by atoms with Gasteiger partial charge in [0.1, 0.15) is 0 Å². The van der Waals surface area contributed by atoms with E-state index >= 15 is 0 Å². The number of rotatable bonds is 5. The zero-order chi connectivity index (χ0) is 14.6. The molecule has 0 spiro atoms. The van der Waals surface area contributed by atoms with Crippen molar-refractivity contribution < 1.29 is 22.9 Å². The first-order chi connectivity index (χ1) is 8.73. The molecule has 1 rings (SSSR count). The molecule has 4 nitrogen and oxygen atoms in total. The minimum atomic E-state index is -4.59. The maximum atomic E-state index is 12.4. The summed E-state index contributed by atoms with van der Waals surface area (Å²) in [6, 6.07) is 2.99. The predicted molar refractivity (Wildman–Crippen MR) is 64.4 cm³/mol. The number of hydrogen-bond acceptors (Lipinski definition) is 4. The molecule has 0 bridgehead atoms. The lowest BCUT2D eigenvalue weighted by Crippen LogP contribution is -2.07. The zero-order valence-electron chi connectivity index (χ0n) is 9.24. The molecule has 0 atom stereocenters. The van der Waals surface area contributed by atoms with Gasteiger partial charge in [0.25, 0.3) is 5.69 Å². The number of benzene rings is 1. The molecule has 0 aliphatic carbocycles. The molecule has 0 amide bonds. The summed E-state index contributed by atoms with van der Waals surface area (Å²) in [5, 5.41) is 10.5. The van der Waals surface area contributed by atoms with Gasteiger partial charge in [-0.05, 0) is 17.3 Å². The summed E-state index contributed by atoms with van der Waals surface area (Å²) in [5.41, 5.74) is -4.99. The minimum Gasteiger partial charge on any atom is -0.298 e. The van der Waals surface area contributed by atoms with Crippen LogP contribution in [0.3, 0.4) is 0 Å². The van der Waals surface area contributed by atoms with Gasteiger partial charge in [0.15, 0.2) is 5.78 Å². The fourth-order valence-corrected chi connectivity index (χ4v) is 2.08. The number of carbonyl (C=O) groups is 1. The highest BCUT2D eigenvalue weighted by Gasteiger charge is 2.31. The third-order valence-corrected chi connectivity index (χ3v) is 3.15. The van der Waals surface area contributed by atoms with Crippen LogP contribution in [-0.4, -0.2) is 22.1 Å². The van der Waals surface area contributed by atoms with Gasteiger partial charge in [-0.3, -0.25) is 14.9 Å².